The molecule has 4 heterocycles. The second-order valence-electron chi connectivity index (χ2n) is 15.3. The monoisotopic (exact) mass is 760 g/mol. The number of hydrogen-bond donors (Lipinski definition) is 2. The molecule has 7 rings (SSSR count). The summed E-state index contributed by atoms with van der Waals surface area (Å²) in [5.41, 5.74) is 4.01. The number of likely N-dealkylation sites (tertiary alicyclic amines) is 2. The Bertz CT molecular complexity index is 1860. The van der Waals surface area contributed by atoms with Crippen molar-refractivity contribution in [2.45, 2.75) is 81.6 Å². The van der Waals surface area contributed by atoms with E-state index in [1.54, 1.807) is 25.4 Å². The molecule has 12 heteroatoms. The average Bonchev–Trinajstić information content (AvgIpc) is 3.12. The Balaban J connectivity index is 0.911. The number of imide groups is 1. The summed E-state index contributed by atoms with van der Waals surface area (Å²) in [6, 6.07) is 13.6. The standard InChI is InChI=1S/C39H46BrFN6O4/c1-45-22-28(19-29(23-45)43-33-21-42-46(2)38(51)35(33)40)24-3-5-26(6-4-24)37(50)47-17-15-39(16-18-47)13-11-25(12-14-39)27-7-8-30(32(41)20-27)31-9-10-34(48)44-36(31)49/h3-8,20-21,25,28-29,31,43H,9-19,22-23H2,1-2H3,(H,44,48,49)/t28-,29+,31?/m1/s1. The fourth-order valence-electron chi connectivity index (χ4n) is 8.90. The Morgan fingerprint density at radius 3 is 2.33 bits per heavy atom. The van der Waals surface area contributed by atoms with Crippen molar-refractivity contribution >= 4 is 39.3 Å². The number of amides is 3. The van der Waals surface area contributed by atoms with Gasteiger partial charge in [0.15, 0.2) is 0 Å². The highest BCUT2D eigenvalue weighted by Gasteiger charge is 2.40. The first-order chi connectivity index (χ1) is 24.5. The number of aryl methyl sites for hydroxylation is 1. The molecule has 3 atom stereocenters. The molecule has 4 aliphatic rings. The number of carbonyl (C=O) groups excluding carboxylic acids is 3. The quantitative estimate of drug-likeness (QED) is 0.311. The van der Waals surface area contributed by atoms with Gasteiger partial charge in [0, 0.05) is 56.8 Å². The largest absolute Gasteiger partial charge is 0.379 e. The van der Waals surface area contributed by atoms with Gasteiger partial charge in [-0.3, -0.25) is 24.5 Å². The summed E-state index contributed by atoms with van der Waals surface area (Å²) in [6.07, 6.45) is 9.20. The van der Waals surface area contributed by atoms with E-state index in [1.807, 2.05) is 23.1 Å². The minimum absolute atomic E-state index is 0.0833. The van der Waals surface area contributed by atoms with Crippen LogP contribution in [-0.2, 0) is 16.6 Å². The Hall–Kier alpha value is -3.90. The van der Waals surface area contributed by atoms with Crippen LogP contribution in [0.4, 0.5) is 10.1 Å². The van der Waals surface area contributed by atoms with Crippen LogP contribution < -0.4 is 16.2 Å². The van der Waals surface area contributed by atoms with Crippen LogP contribution in [0.3, 0.4) is 0 Å². The van der Waals surface area contributed by atoms with E-state index in [9.17, 15) is 19.2 Å². The summed E-state index contributed by atoms with van der Waals surface area (Å²) in [7, 11) is 3.74. The molecule has 0 radical (unpaired) electrons. The molecular weight excluding hydrogens is 715 g/mol. The van der Waals surface area contributed by atoms with Gasteiger partial charge in [0.1, 0.15) is 10.3 Å². The smallest absolute Gasteiger partial charge is 0.282 e. The number of hydrogen-bond acceptors (Lipinski definition) is 7. The van der Waals surface area contributed by atoms with E-state index >= 15 is 4.39 Å². The van der Waals surface area contributed by atoms with Crippen molar-refractivity contribution in [3.63, 3.8) is 0 Å². The van der Waals surface area contributed by atoms with Gasteiger partial charge >= 0.3 is 0 Å². The predicted molar refractivity (Wildman–Crippen MR) is 196 cm³/mol. The van der Waals surface area contributed by atoms with Gasteiger partial charge in [-0.2, -0.15) is 5.10 Å². The van der Waals surface area contributed by atoms with Crippen LogP contribution in [0.5, 0.6) is 0 Å². The van der Waals surface area contributed by atoms with Crippen LogP contribution in [0, 0.1) is 11.2 Å². The Morgan fingerprint density at radius 2 is 1.65 bits per heavy atom. The lowest BCUT2D eigenvalue weighted by atomic mass is 9.64. The molecule has 1 spiro atoms. The molecule has 2 aromatic carbocycles. The molecule has 270 valence electrons. The molecular formula is C39H46BrFN6O4. The van der Waals surface area contributed by atoms with Gasteiger partial charge in [-0.1, -0.05) is 24.3 Å². The molecule has 2 N–H and O–H groups in total. The zero-order chi connectivity index (χ0) is 35.9. The van der Waals surface area contributed by atoms with Gasteiger partial charge < -0.3 is 15.1 Å². The van der Waals surface area contributed by atoms with E-state index in [1.165, 1.54) is 10.2 Å². The van der Waals surface area contributed by atoms with E-state index < -0.39 is 11.8 Å². The number of rotatable bonds is 6. The van der Waals surface area contributed by atoms with Crippen LogP contribution >= 0.6 is 15.9 Å². The van der Waals surface area contributed by atoms with Crippen molar-refractivity contribution < 1.29 is 18.8 Å². The highest BCUT2D eigenvalue weighted by Crippen LogP contribution is 2.49. The van der Waals surface area contributed by atoms with Gasteiger partial charge in [-0.15, -0.1) is 0 Å². The number of halogens is 2. The second kappa shape index (κ2) is 14.6. The molecule has 3 aliphatic heterocycles. The van der Waals surface area contributed by atoms with Crippen LogP contribution in [0.2, 0.25) is 0 Å². The molecule has 10 nitrogen and oxygen atoms in total. The Kier molecular flexibility index (Phi) is 10.2. The first-order valence-electron chi connectivity index (χ1n) is 18.2. The topological polar surface area (TPSA) is 117 Å². The van der Waals surface area contributed by atoms with E-state index in [0.29, 0.717) is 22.1 Å². The molecule has 3 amide bonds. The molecule has 1 aromatic heterocycles. The minimum Gasteiger partial charge on any atom is -0.379 e. The molecule has 3 saturated heterocycles. The molecule has 3 aromatic rings. The first-order valence-corrected chi connectivity index (χ1v) is 19.0. The molecule has 1 saturated carbocycles. The number of likely N-dealkylation sites (N-methyl/N-ethyl adjacent to an activating group) is 1. The SMILES string of the molecule is CN1C[C@@H](Nc2cnn(C)c(=O)c2Br)C[C@@H](c2ccc(C(=O)N3CCC4(CCC(c5ccc(C6CCC(=O)NC6=O)c(F)c5)CC4)CC3)cc2)C1. The lowest BCUT2D eigenvalue weighted by Gasteiger charge is -2.46. The number of nitrogens with zero attached hydrogens (tertiary/aromatic N) is 4. The molecule has 1 aliphatic carbocycles. The first kappa shape index (κ1) is 35.5. The van der Waals surface area contributed by atoms with Gasteiger partial charge in [0.25, 0.3) is 11.5 Å². The summed E-state index contributed by atoms with van der Waals surface area (Å²) in [5.74, 6) is -1.05. The summed E-state index contributed by atoms with van der Waals surface area (Å²) in [5, 5.41) is 10.0. The van der Waals surface area contributed by atoms with E-state index in [2.05, 4.69) is 55.7 Å². The van der Waals surface area contributed by atoms with E-state index in [0.717, 1.165) is 82.3 Å². The number of aromatic nitrogens is 2. The van der Waals surface area contributed by atoms with E-state index in [4.69, 9.17) is 0 Å². The molecule has 4 fully saturated rings. The summed E-state index contributed by atoms with van der Waals surface area (Å²) in [6.45, 7) is 3.26. The van der Waals surface area contributed by atoms with E-state index in [-0.39, 0.29) is 52.9 Å². The van der Waals surface area contributed by atoms with Crippen molar-refractivity contribution in [3.05, 3.63) is 91.6 Å². The average molecular weight is 762 g/mol. The number of nitrogens with one attached hydrogen (secondary N) is 2. The van der Waals surface area contributed by atoms with Crippen molar-refractivity contribution in [2.24, 2.45) is 12.5 Å². The summed E-state index contributed by atoms with van der Waals surface area (Å²) >= 11 is 3.42. The van der Waals surface area contributed by atoms with Gasteiger partial charge in [0.05, 0.1) is 17.8 Å². The number of anilines is 1. The fraction of sp³-hybridized carbons (Fsp3) is 0.513. The number of benzene rings is 2. The fourth-order valence-corrected chi connectivity index (χ4v) is 9.37. The third-order valence-electron chi connectivity index (χ3n) is 12.0. The Morgan fingerprint density at radius 1 is 0.941 bits per heavy atom. The second-order valence-corrected chi connectivity index (χ2v) is 16.1. The predicted octanol–water partition coefficient (Wildman–Crippen LogP) is 5.68. The van der Waals surface area contributed by atoms with Crippen LogP contribution in [0.25, 0.3) is 0 Å². The molecule has 1 unspecified atom stereocenters. The van der Waals surface area contributed by atoms with Crippen molar-refractivity contribution in [1.82, 2.24) is 24.9 Å². The van der Waals surface area contributed by atoms with Crippen molar-refractivity contribution in [2.75, 3.05) is 38.5 Å². The lowest BCUT2D eigenvalue weighted by molar-refractivity contribution is -0.134. The molecule has 0 bridgehead atoms. The minimum atomic E-state index is -0.618. The third-order valence-corrected chi connectivity index (χ3v) is 12.7. The van der Waals surface area contributed by atoms with Crippen LogP contribution in [-0.4, -0.2) is 76.6 Å². The molecule has 51 heavy (non-hydrogen) atoms. The van der Waals surface area contributed by atoms with Crippen LogP contribution in [0.1, 0.15) is 103 Å². The third kappa shape index (κ3) is 7.53. The zero-order valence-electron chi connectivity index (χ0n) is 29.3. The lowest BCUT2D eigenvalue weighted by Crippen LogP contribution is -2.44. The van der Waals surface area contributed by atoms with Gasteiger partial charge in [-0.25, -0.2) is 9.07 Å². The Labute approximate surface area is 306 Å². The van der Waals surface area contributed by atoms with Gasteiger partial charge in [0.2, 0.25) is 11.8 Å². The maximum Gasteiger partial charge on any atom is 0.282 e. The highest BCUT2D eigenvalue weighted by molar-refractivity contribution is 9.10. The summed E-state index contributed by atoms with van der Waals surface area (Å²) < 4.78 is 17.0. The highest BCUT2D eigenvalue weighted by atomic mass is 79.9. The number of carbonyl (C=O) groups is 3. The zero-order valence-corrected chi connectivity index (χ0v) is 30.9. The maximum atomic E-state index is 15.2. The maximum absolute atomic E-state index is 15.2. The van der Waals surface area contributed by atoms with Crippen molar-refractivity contribution in [3.8, 4) is 0 Å². The number of piperidine rings is 3. The van der Waals surface area contributed by atoms with Crippen LogP contribution in [0.15, 0.2) is 57.9 Å². The summed E-state index contributed by atoms with van der Waals surface area (Å²) in [4.78, 5) is 54.0. The van der Waals surface area contributed by atoms with Gasteiger partial charge in [-0.05, 0) is 121 Å². The normalized spacial score (nSPS) is 24.4. The van der Waals surface area contributed by atoms with Crippen molar-refractivity contribution in [1.29, 1.82) is 0 Å².